The van der Waals surface area contributed by atoms with Crippen LogP contribution in [0.4, 0.5) is 11.4 Å². The molecule has 0 saturated carbocycles. The second-order valence-corrected chi connectivity index (χ2v) is 5.74. The number of hydrogen-bond acceptors (Lipinski definition) is 3. The summed E-state index contributed by atoms with van der Waals surface area (Å²) in [6.07, 6.45) is 1.74. The third kappa shape index (κ3) is 4.56. The SMILES string of the molecule is CC(C)C(=O)Nc1cccc(NC(=O)C2CCNCC2)c1. The van der Waals surface area contributed by atoms with Crippen molar-refractivity contribution >= 4 is 23.2 Å². The number of rotatable bonds is 4. The molecule has 5 heteroatoms. The van der Waals surface area contributed by atoms with Gasteiger partial charge in [-0.15, -0.1) is 0 Å². The Morgan fingerprint density at radius 3 is 2.38 bits per heavy atom. The molecule has 1 aromatic carbocycles. The number of carbonyl (C=O) groups excluding carboxylic acids is 2. The van der Waals surface area contributed by atoms with Crippen LogP contribution in [0.15, 0.2) is 24.3 Å². The van der Waals surface area contributed by atoms with Gasteiger partial charge in [0.25, 0.3) is 0 Å². The smallest absolute Gasteiger partial charge is 0.227 e. The van der Waals surface area contributed by atoms with Crippen molar-refractivity contribution < 1.29 is 9.59 Å². The molecule has 21 heavy (non-hydrogen) atoms. The molecule has 1 aliphatic rings. The lowest BCUT2D eigenvalue weighted by Gasteiger charge is -2.21. The van der Waals surface area contributed by atoms with Crippen LogP contribution in [0.1, 0.15) is 26.7 Å². The highest BCUT2D eigenvalue weighted by Crippen LogP contribution is 2.19. The van der Waals surface area contributed by atoms with Gasteiger partial charge >= 0.3 is 0 Å². The van der Waals surface area contributed by atoms with Crippen molar-refractivity contribution in [3.8, 4) is 0 Å². The fourth-order valence-corrected chi connectivity index (χ4v) is 2.29. The molecular weight excluding hydrogens is 266 g/mol. The van der Waals surface area contributed by atoms with E-state index in [1.54, 1.807) is 6.07 Å². The molecule has 5 nitrogen and oxygen atoms in total. The first-order chi connectivity index (χ1) is 10.1. The van der Waals surface area contributed by atoms with Crippen LogP contribution in [0.5, 0.6) is 0 Å². The van der Waals surface area contributed by atoms with Crippen LogP contribution in [0, 0.1) is 11.8 Å². The first-order valence-corrected chi connectivity index (χ1v) is 7.49. The van der Waals surface area contributed by atoms with E-state index in [1.807, 2.05) is 32.0 Å². The quantitative estimate of drug-likeness (QED) is 0.796. The maximum atomic E-state index is 12.2. The summed E-state index contributed by atoms with van der Waals surface area (Å²) in [7, 11) is 0. The number of anilines is 2. The van der Waals surface area contributed by atoms with Gasteiger partial charge in [0.05, 0.1) is 0 Å². The molecule has 1 aliphatic heterocycles. The summed E-state index contributed by atoms with van der Waals surface area (Å²) in [4.78, 5) is 23.9. The zero-order chi connectivity index (χ0) is 15.2. The Morgan fingerprint density at radius 2 is 1.76 bits per heavy atom. The predicted molar refractivity (Wildman–Crippen MR) is 84.1 cm³/mol. The number of benzene rings is 1. The highest BCUT2D eigenvalue weighted by Gasteiger charge is 2.20. The molecule has 2 amide bonds. The predicted octanol–water partition coefficient (Wildman–Crippen LogP) is 2.22. The number of nitrogens with one attached hydrogen (secondary N) is 3. The van der Waals surface area contributed by atoms with Crippen molar-refractivity contribution in [2.45, 2.75) is 26.7 Å². The Bertz CT molecular complexity index is 508. The first kappa shape index (κ1) is 15.5. The molecule has 0 radical (unpaired) electrons. The van der Waals surface area contributed by atoms with E-state index < -0.39 is 0 Å². The summed E-state index contributed by atoms with van der Waals surface area (Å²) in [5.41, 5.74) is 1.43. The van der Waals surface area contributed by atoms with Crippen LogP contribution in [0.25, 0.3) is 0 Å². The van der Waals surface area contributed by atoms with Gasteiger partial charge in [-0.05, 0) is 44.1 Å². The summed E-state index contributed by atoms with van der Waals surface area (Å²) in [5.74, 6) is 0.0267. The molecule has 0 atom stereocenters. The van der Waals surface area contributed by atoms with Gasteiger partial charge in [-0.25, -0.2) is 0 Å². The number of hydrogen-bond donors (Lipinski definition) is 3. The van der Waals surface area contributed by atoms with Gasteiger partial charge < -0.3 is 16.0 Å². The number of amides is 2. The van der Waals surface area contributed by atoms with Crippen LogP contribution >= 0.6 is 0 Å². The minimum Gasteiger partial charge on any atom is -0.326 e. The zero-order valence-electron chi connectivity index (χ0n) is 12.6. The van der Waals surface area contributed by atoms with Crippen LogP contribution in [0.3, 0.4) is 0 Å². The lowest BCUT2D eigenvalue weighted by atomic mass is 9.97. The van der Waals surface area contributed by atoms with Crippen LogP contribution < -0.4 is 16.0 Å². The maximum Gasteiger partial charge on any atom is 0.227 e. The monoisotopic (exact) mass is 289 g/mol. The molecule has 3 N–H and O–H groups in total. The molecule has 1 saturated heterocycles. The van der Waals surface area contributed by atoms with Crippen molar-refractivity contribution in [1.29, 1.82) is 0 Å². The average Bonchev–Trinajstić information content (AvgIpc) is 2.48. The molecule has 0 bridgehead atoms. The first-order valence-electron chi connectivity index (χ1n) is 7.49. The summed E-state index contributed by atoms with van der Waals surface area (Å²) < 4.78 is 0. The van der Waals surface area contributed by atoms with E-state index in [0.29, 0.717) is 5.69 Å². The maximum absolute atomic E-state index is 12.2. The summed E-state index contributed by atoms with van der Waals surface area (Å²) in [6.45, 7) is 5.47. The Kier molecular flexibility index (Phi) is 5.33. The highest BCUT2D eigenvalue weighted by molar-refractivity contribution is 5.95. The van der Waals surface area contributed by atoms with E-state index in [1.165, 1.54) is 0 Å². The van der Waals surface area contributed by atoms with Crippen molar-refractivity contribution in [2.75, 3.05) is 23.7 Å². The van der Waals surface area contributed by atoms with E-state index >= 15 is 0 Å². The minimum absolute atomic E-state index is 0.0307. The molecular formula is C16H23N3O2. The molecule has 0 unspecified atom stereocenters. The van der Waals surface area contributed by atoms with Crippen molar-refractivity contribution in [3.05, 3.63) is 24.3 Å². The second-order valence-electron chi connectivity index (χ2n) is 5.74. The third-order valence-corrected chi connectivity index (χ3v) is 3.63. The van der Waals surface area contributed by atoms with Gasteiger partial charge in [-0.2, -0.15) is 0 Å². The molecule has 0 aromatic heterocycles. The number of piperidine rings is 1. The fraction of sp³-hybridized carbons (Fsp3) is 0.500. The molecule has 1 aromatic rings. The molecule has 0 aliphatic carbocycles. The van der Waals surface area contributed by atoms with E-state index in [-0.39, 0.29) is 23.7 Å². The topological polar surface area (TPSA) is 70.2 Å². The molecule has 0 spiro atoms. The van der Waals surface area contributed by atoms with E-state index in [2.05, 4.69) is 16.0 Å². The summed E-state index contributed by atoms with van der Waals surface area (Å²) >= 11 is 0. The zero-order valence-corrected chi connectivity index (χ0v) is 12.6. The van der Waals surface area contributed by atoms with Gasteiger partial charge in [0, 0.05) is 23.2 Å². The molecule has 114 valence electrons. The largest absolute Gasteiger partial charge is 0.326 e. The van der Waals surface area contributed by atoms with Crippen molar-refractivity contribution in [3.63, 3.8) is 0 Å². The molecule has 1 heterocycles. The Balaban J connectivity index is 1.97. The van der Waals surface area contributed by atoms with E-state index in [0.717, 1.165) is 31.6 Å². The van der Waals surface area contributed by atoms with Crippen molar-refractivity contribution in [1.82, 2.24) is 5.32 Å². The van der Waals surface area contributed by atoms with Crippen molar-refractivity contribution in [2.24, 2.45) is 11.8 Å². The van der Waals surface area contributed by atoms with Gasteiger partial charge in [-0.1, -0.05) is 19.9 Å². The second kappa shape index (κ2) is 7.22. The molecule has 2 rings (SSSR count). The van der Waals surface area contributed by atoms with E-state index in [4.69, 9.17) is 0 Å². The third-order valence-electron chi connectivity index (χ3n) is 3.63. The number of carbonyl (C=O) groups is 2. The summed E-state index contributed by atoms with van der Waals surface area (Å²) in [5, 5.41) is 9.02. The van der Waals surface area contributed by atoms with Gasteiger partial charge in [0.2, 0.25) is 11.8 Å². The minimum atomic E-state index is -0.0713. The lowest BCUT2D eigenvalue weighted by molar-refractivity contribution is -0.120. The van der Waals surface area contributed by atoms with Gasteiger partial charge in [0.1, 0.15) is 0 Å². The summed E-state index contributed by atoms with van der Waals surface area (Å²) in [6, 6.07) is 7.28. The van der Waals surface area contributed by atoms with Gasteiger partial charge in [-0.3, -0.25) is 9.59 Å². The molecule has 1 fully saturated rings. The Labute approximate surface area is 125 Å². The Morgan fingerprint density at radius 1 is 1.14 bits per heavy atom. The fourth-order valence-electron chi connectivity index (χ4n) is 2.29. The lowest BCUT2D eigenvalue weighted by Crippen LogP contribution is -2.34. The highest BCUT2D eigenvalue weighted by atomic mass is 16.2. The van der Waals surface area contributed by atoms with Crippen LogP contribution in [-0.4, -0.2) is 24.9 Å². The normalized spacial score (nSPS) is 15.8. The Hall–Kier alpha value is -1.88. The van der Waals surface area contributed by atoms with Gasteiger partial charge in [0.15, 0.2) is 0 Å². The van der Waals surface area contributed by atoms with Crippen LogP contribution in [-0.2, 0) is 9.59 Å². The average molecular weight is 289 g/mol. The van der Waals surface area contributed by atoms with Crippen LogP contribution in [0.2, 0.25) is 0 Å². The van der Waals surface area contributed by atoms with E-state index in [9.17, 15) is 9.59 Å². The standard InChI is InChI=1S/C16H23N3O2/c1-11(2)15(20)18-13-4-3-5-14(10-13)19-16(21)12-6-8-17-9-7-12/h3-5,10-12,17H,6-9H2,1-2H3,(H,18,20)(H,19,21).